The molecule has 204 valence electrons. The molecule has 1 aliphatic carbocycles. The molecule has 0 unspecified atom stereocenters. The van der Waals surface area contributed by atoms with E-state index in [1.165, 1.54) is 43.8 Å². The van der Waals surface area contributed by atoms with Crippen molar-refractivity contribution in [1.29, 1.82) is 0 Å². The van der Waals surface area contributed by atoms with Gasteiger partial charge in [-0.25, -0.2) is 0 Å². The Morgan fingerprint density at radius 2 is 1.11 bits per heavy atom. The summed E-state index contributed by atoms with van der Waals surface area (Å²) in [6.45, 7) is 0. The lowest BCUT2D eigenvalue weighted by Gasteiger charge is -2.25. The van der Waals surface area contributed by atoms with Gasteiger partial charge >= 0.3 is 0 Å². The molecular weight excluding hydrogens is 534 g/mol. The molecule has 0 fully saturated rings. The third-order valence-corrected chi connectivity index (χ3v) is 8.71. The third kappa shape index (κ3) is 3.91. The molecule has 0 atom stereocenters. The van der Waals surface area contributed by atoms with Gasteiger partial charge in [-0.2, -0.15) is 0 Å². The van der Waals surface area contributed by atoms with Gasteiger partial charge in [-0.3, -0.25) is 0 Å². The Labute approximate surface area is 254 Å². The second-order valence-electron chi connectivity index (χ2n) is 11.2. The number of para-hydroxylation sites is 2. The number of furan rings is 1. The summed E-state index contributed by atoms with van der Waals surface area (Å²) in [7, 11) is 0. The van der Waals surface area contributed by atoms with Gasteiger partial charge in [0, 0.05) is 33.9 Å². The molecule has 0 saturated heterocycles. The first-order valence-corrected chi connectivity index (χ1v) is 14.8. The Balaban J connectivity index is 1.11. The van der Waals surface area contributed by atoms with E-state index in [0.29, 0.717) is 0 Å². The van der Waals surface area contributed by atoms with Crippen molar-refractivity contribution in [2.75, 3.05) is 4.90 Å². The standard InChI is InChI=1S/C42H25NO/c1-2-9-32(10-3-1)43(34-21-25-40-39-12-6-7-13-41(39)44-42(40)27-34)33-19-14-28(15-20-33)30-17-22-36-31(26-30)18-24-37-35-11-5-4-8-29(35)16-23-38(36)37/h1-3,6-27H. The van der Waals surface area contributed by atoms with Gasteiger partial charge in [0.05, 0.1) is 0 Å². The second kappa shape index (κ2) is 9.76. The van der Waals surface area contributed by atoms with Crippen LogP contribution < -0.4 is 4.90 Å². The lowest BCUT2D eigenvalue weighted by molar-refractivity contribution is 0.669. The highest BCUT2D eigenvalue weighted by molar-refractivity contribution is 6.12. The SMILES string of the molecule is C1=C=Cc2c(ccc3c2ccc2cc(-c4ccc(N(c5ccccc5)c5ccc6c(c5)oc5ccccc56)cc4)ccc23)C=1. The van der Waals surface area contributed by atoms with Crippen molar-refractivity contribution in [2.24, 2.45) is 0 Å². The predicted octanol–water partition coefficient (Wildman–Crippen LogP) is 11.8. The molecular formula is C42H25NO. The monoisotopic (exact) mass is 559 g/mol. The summed E-state index contributed by atoms with van der Waals surface area (Å²) >= 11 is 0. The van der Waals surface area contributed by atoms with Crippen LogP contribution in [0, 0.1) is 0 Å². The van der Waals surface area contributed by atoms with Gasteiger partial charge in [0.25, 0.3) is 0 Å². The van der Waals surface area contributed by atoms with E-state index < -0.39 is 0 Å². The van der Waals surface area contributed by atoms with E-state index in [0.717, 1.165) is 39.0 Å². The summed E-state index contributed by atoms with van der Waals surface area (Å²) < 4.78 is 6.25. The number of anilines is 3. The molecule has 2 heteroatoms. The zero-order valence-electron chi connectivity index (χ0n) is 23.8. The summed E-state index contributed by atoms with van der Waals surface area (Å²) in [4.78, 5) is 2.28. The van der Waals surface area contributed by atoms with E-state index in [9.17, 15) is 0 Å². The number of nitrogens with zero attached hydrogens (tertiary/aromatic N) is 1. The molecule has 0 radical (unpaired) electrons. The number of fused-ring (bicyclic) bond motifs is 8. The number of hydrogen-bond donors (Lipinski definition) is 0. The summed E-state index contributed by atoms with van der Waals surface area (Å²) in [6, 6.07) is 49.7. The van der Waals surface area contributed by atoms with Gasteiger partial charge < -0.3 is 9.32 Å². The number of hydrogen-bond acceptors (Lipinski definition) is 2. The van der Waals surface area contributed by atoms with Crippen LogP contribution in [0.4, 0.5) is 17.1 Å². The smallest absolute Gasteiger partial charge is 0.137 e. The fourth-order valence-electron chi connectivity index (χ4n) is 6.57. The maximum atomic E-state index is 6.25. The molecule has 8 aromatic rings. The molecule has 0 amide bonds. The Hall–Kier alpha value is -6.04. The van der Waals surface area contributed by atoms with Gasteiger partial charge in [0.1, 0.15) is 11.2 Å². The fraction of sp³-hybridized carbons (Fsp3) is 0. The molecule has 0 aliphatic heterocycles. The lowest BCUT2D eigenvalue weighted by atomic mass is 9.92. The first-order chi connectivity index (χ1) is 21.8. The van der Waals surface area contributed by atoms with Crippen LogP contribution >= 0.6 is 0 Å². The maximum absolute atomic E-state index is 6.25. The van der Waals surface area contributed by atoms with Crippen LogP contribution in [0.25, 0.3) is 66.8 Å². The minimum absolute atomic E-state index is 0.884. The average molecular weight is 560 g/mol. The zero-order valence-corrected chi connectivity index (χ0v) is 23.8. The first-order valence-electron chi connectivity index (χ1n) is 14.8. The van der Waals surface area contributed by atoms with Crippen LogP contribution in [0.15, 0.2) is 155 Å². The van der Waals surface area contributed by atoms with E-state index in [4.69, 9.17) is 4.42 Å². The molecule has 0 spiro atoms. The van der Waals surface area contributed by atoms with Crippen LogP contribution in [0.3, 0.4) is 0 Å². The van der Waals surface area contributed by atoms with Crippen molar-refractivity contribution >= 4 is 72.7 Å². The maximum Gasteiger partial charge on any atom is 0.137 e. The van der Waals surface area contributed by atoms with Gasteiger partial charge in [-0.15, -0.1) is 0 Å². The summed E-state index contributed by atoms with van der Waals surface area (Å²) in [6.07, 6.45) is 4.04. The number of rotatable bonds is 4. The Morgan fingerprint density at radius 1 is 0.432 bits per heavy atom. The van der Waals surface area contributed by atoms with Crippen molar-refractivity contribution in [1.82, 2.24) is 0 Å². The minimum atomic E-state index is 0.884. The van der Waals surface area contributed by atoms with Crippen molar-refractivity contribution in [3.63, 3.8) is 0 Å². The summed E-state index contributed by atoms with van der Waals surface area (Å²) in [5.41, 5.74) is 16.0. The van der Waals surface area contributed by atoms with E-state index in [1.54, 1.807) is 0 Å². The van der Waals surface area contributed by atoms with Crippen molar-refractivity contribution in [3.8, 4) is 11.1 Å². The van der Waals surface area contributed by atoms with Crippen LogP contribution in [0.2, 0.25) is 0 Å². The predicted molar refractivity (Wildman–Crippen MR) is 185 cm³/mol. The van der Waals surface area contributed by atoms with Crippen LogP contribution in [0.1, 0.15) is 11.1 Å². The highest BCUT2D eigenvalue weighted by Gasteiger charge is 2.16. The lowest BCUT2D eigenvalue weighted by Crippen LogP contribution is -2.09. The Morgan fingerprint density at radius 3 is 2.02 bits per heavy atom. The van der Waals surface area contributed by atoms with Crippen LogP contribution in [0.5, 0.6) is 0 Å². The highest BCUT2D eigenvalue weighted by Crippen LogP contribution is 2.39. The summed E-state index contributed by atoms with van der Waals surface area (Å²) in [5.74, 6) is 0. The Bertz CT molecular complexity index is 2500. The molecule has 2 nitrogen and oxygen atoms in total. The van der Waals surface area contributed by atoms with E-state index in [2.05, 4.69) is 144 Å². The summed E-state index contributed by atoms with van der Waals surface area (Å²) in [5, 5.41) is 7.26. The number of benzene rings is 7. The Kier molecular flexibility index (Phi) is 5.45. The normalized spacial score (nSPS) is 12.0. The quantitative estimate of drug-likeness (QED) is 0.157. The van der Waals surface area contributed by atoms with Crippen molar-refractivity contribution < 1.29 is 4.42 Å². The molecule has 7 aromatic carbocycles. The minimum Gasteiger partial charge on any atom is -0.456 e. The van der Waals surface area contributed by atoms with Crippen LogP contribution in [-0.2, 0) is 0 Å². The zero-order chi connectivity index (χ0) is 29.0. The molecule has 0 saturated carbocycles. The van der Waals surface area contributed by atoms with E-state index >= 15 is 0 Å². The van der Waals surface area contributed by atoms with Gasteiger partial charge in [-0.1, -0.05) is 96.4 Å². The fourth-order valence-corrected chi connectivity index (χ4v) is 6.57. The molecule has 1 aliphatic rings. The largest absolute Gasteiger partial charge is 0.456 e. The van der Waals surface area contributed by atoms with Crippen molar-refractivity contribution in [3.05, 3.63) is 162 Å². The molecule has 9 rings (SSSR count). The molecule has 1 heterocycles. The van der Waals surface area contributed by atoms with Gasteiger partial charge in [0.15, 0.2) is 0 Å². The molecule has 0 N–H and O–H groups in total. The van der Waals surface area contributed by atoms with Gasteiger partial charge in [-0.05, 0) is 104 Å². The average Bonchev–Trinajstić information content (AvgIpc) is 3.46. The van der Waals surface area contributed by atoms with E-state index in [1.807, 2.05) is 24.3 Å². The van der Waals surface area contributed by atoms with E-state index in [-0.39, 0.29) is 0 Å². The highest BCUT2D eigenvalue weighted by atomic mass is 16.3. The third-order valence-electron chi connectivity index (χ3n) is 8.71. The first kappa shape index (κ1) is 24.5. The second-order valence-corrected chi connectivity index (χ2v) is 11.2. The topological polar surface area (TPSA) is 16.4 Å². The molecule has 0 bridgehead atoms. The molecule has 44 heavy (non-hydrogen) atoms. The van der Waals surface area contributed by atoms with Crippen molar-refractivity contribution in [2.45, 2.75) is 0 Å². The van der Waals surface area contributed by atoms with Crippen LogP contribution in [-0.4, -0.2) is 0 Å². The van der Waals surface area contributed by atoms with Gasteiger partial charge in [0.2, 0.25) is 0 Å². The molecule has 1 aromatic heterocycles.